The van der Waals surface area contributed by atoms with E-state index in [9.17, 15) is 0 Å². The maximum Gasteiger partial charge on any atom is 0.178 e. The van der Waals surface area contributed by atoms with Gasteiger partial charge in [-0.3, -0.25) is 4.98 Å². The van der Waals surface area contributed by atoms with Gasteiger partial charge in [-0.05, 0) is 73.4 Å². The molecule has 5 rings (SSSR count). The number of rotatable bonds is 7. The lowest BCUT2D eigenvalue weighted by atomic mass is 9.82. The highest BCUT2D eigenvalue weighted by Crippen LogP contribution is 2.34. The molecule has 32 heavy (non-hydrogen) atoms. The number of nitrogen functional groups attached to an aromatic ring is 1. The maximum absolute atomic E-state index is 6.10. The number of fused-ring (bicyclic) bond motifs is 1. The van der Waals surface area contributed by atoms with Gasteiger partial charge in [0, 0.05) is 24.4 Å². The zero-order chi connectivity index (χ0) is 21.8. The average Bonchev–Trinajstić information content (AvgIpc) is 3.31. The van der Waals surface area contributed by atoms with Gasteiger partial charge in [-0.25, -0.2) is 10.1 Å². The van der Waals surface area contributed by atoms with Crippen molar-refractivity contribution in [3.8, 4) is 0 Å². The highest BCUT2D eigenvalue weighted by atomic mass is 15.3. The molecule has 7 heteroatoms. The molecule has 1 aromatic carbocycles. The lowest BCUT2D eigenvalue weighted by Gasteiger charge is -2.30. The minimum atomic E-state index is 0.174. The third kappa shape index (κ3) is 4.48. The summed E-state index contributed by atoms with van der Waals surface area (Å²) in [6.07, 6.45) is 9.66. The van der Waals surface area contributed by atoms with Gasteiger partial charge < -0.3 is 11.1 Å². The topological polar surface area (TPSA) is 105 Å². The van der Waals surface area contributed by atoms with Crippen molar-refractivity contribution >= 4 is 17.0 Å². The SMILES string of the molecule is Nc1cc(C(CCNC2CCC(c3cccnc3)CC2)c2ccccc2)c2nn[nH]c2n1. The first-order valence-corrected chi connectivity index (χ1v) is 11.4. The molecular formula is C25H29N7. The number of aromatic nitrogens is 5. The summed E-state index contributed by atoms with van der Waals surface area (Å²) in [5, 5.41) is 14.9. The predicted molar refractivity (Wildman–Crippen MR) is 126 cm³/mol. The smallest absolute Gasteiger partial charge is 0.178 e. The molecular weight excluding hydrogens is 398 g/mol. The summed E-state index contributed by atoms with van der Waals surface area (Å²) in [4.78, 5) is 8.62. The molecule has 1 fully saturated rings. The van der Waals surface area contributed by atoms with Gasteiger partial charge in [-0.1, -0.05) is 41.6 Å². The van der Waals surface area contributed by atoms with E-state index in [0.717, 1.165) is 24.0 Å². The van der Waals surface area contributed by atoms with Gasteiger partial charge in [-0.15, -0.1) is 5.10 Å². The van der Waals surface area contributed by atoms with Crippen molar-refractivity contribution in [2.75, 3.05) is 12.3 Å². The summed E-state index contributed by atoms with van der Waals surface area (Å²) in [6, 6.07) is 17.3. The lowest BCUT2D eigenvalue weighted by molar-refractivity contribution is 0.340. The van der Waals surface area contributed by atoms with E-state index in [4.69, 9.17) is 5.73 Å². The van der Waals surface area contributed by atoms with Crippen molar-refractivity contribution in [2.24, 2.45) is 0 Å². The molecule has 164 valence electrons. The summed E-state index contributed by atoms with van der Waals surface area (Å²) in [5.41, 5.74) is 11.2. The minimum absolute atomic E-state index is 0.174. The first-order valence-electron chi connectivity index (χ1n) is 11.4. The van der Waals surface area contributed by atoms with E-state index in [-0.39, 0.29) is 5.92 Å². The van der Waals surface area contributed by atoms with Crippen molar-refractivity contribution < 1.29 is 0 Å². The highest BCUT2D eigenvalue weighted by molar-refractivity contribution is 5.77. The summed E-state index contributed by atoms with van der Waals surface area (Å²) >= 11 is 0. The van der Waals surface area contributed by atoms with Crippen LogP contribution in [0.15, 0.2) is 60.9 Å². The van der Waals surface area contributed by atoms with Crippen LogP contribution >= 0.6 is 0 Å². The molecule has 3 heterocycles. The second-order valence-corrected chi connectivity index (χ2v) is 8.69. The Bertz CT molecular complexity index is 1130. The van der Waals surface area contributed by atoms with Crippen molar-refractivity contribution in [3.05, 3.63) is 77.6 Å². The van der Waals surface area contributed by atoms with Gasteiger partial charge in [0.15, 0.2) is 5.65 Å². The molecule has 4 aromatic rings. The largest absolute Gasteiger partial charge is 0.384 e. The first-order chi connectivity index (χ1) is 15.8. The second kappa shape index (κ2) is 9.44. The number of pyridine rings is 2. The molecule has 0 spiro atoms. The van der Waals surface area contributed by atoms with Gasteiger partial charge in [-0.2, -0.15) is 0 Å². The van der Waals surface area contributed by atoms with Crippen molar-refractivity contribution in [1.82, 2.24) is 30.7 Å². The van der Waals surface area contributed by atoms with Crippen LogP contribution in [0, 0.1) is 0 Å². The van der Waals surface area contributed by atoms with Gasteiger partial charge in [0.1, 0.15) is 11.3 Å². The molecule has 0 aliphatic heterocycles. The van der Waals surface area contributed by atoms with Crippen LogP contribution in [0.4, 0.5) is 5.82 Å². The maximum atomic E-state index is 6.10. The Morgan fingerprint density at radius 2 is 1.91 bits per heavy atom. The average molecular weight is 428 g/mol. The number of aromatic amines is 1. The van der Waals surface area contributed by atoms with E-state index < -0.39 is 0 Å². The number of benzene rings is 1. The molecule has 7 nitrogen and oxygen atoms in total. The standard InChI is InChI=1S/C25H29N7/c26-23-15-22(24-25(29-23)31-32-30-24)21(18-5-2-1-3-6-18)12-14-28-20-10-8-17(9-11-20)19-7-4-13-27-16-19/h1-7,13,15-17,20-21,28H,8-12,14H2,(H3,26,29,30,31,32). The van der Waals surface area contributed by atoms with Crippen molar-refractivity contribution in [2.45, 2.75) is 50.0 Å². The number of nitrogens with one attached hydrogen (secondary N) is 2. The fourth-order valence-corrected chi connectivity index (χ4v) is 5.02. The Morgan fingerprint density at radius 1 is 1.06 bits per heavy atom. The Hall–Kier alpha value is -3.32. The summed E-state index contributed by atoms with van der Waals surface area (Å²) in [6.45, 7) is 0.934. The zero-order valence-electron chi connectivity index (χ0n) is 18.1. The van der Waals surface area contributed by atoms with E-state index in [1.165, 1.54) is 36.8 Å². The lowest BCUT2D eigenvalue weighted by Crippen LogP contribution is -2.34. The van der Waals surface area contributed by atoms with Crippen LogP contribution in [0.3, 0.4) is 0 Å². The Balaban J connectivity index is 1.26. The second-order valence-electron chi connectivity index (χ2n) is 8.69. The van der Waals surface area contributed by atoms with Crippen LogP contribution < -0.4 is 11.1 Å². The van der Waals surface area contributed by atoms with Gasteiger partial charge >= 0.3 is 0 Å². The zero-order valence-corrected chi connectivity index (χ0v) is 18.1. The number of H-pyrrole nitrogens is 1. The van der Waals surface area contributed by atoms with E-state index >= 15 is 0 Å². The Morgan fingerprint density at radius 3 is 2.69 bits per heavy atom. The Labute approximate surface area is 187 Å². The fourth-order valence-electron chi connectivity index (χ4n) is 5.02. The monoisotopic (exact) mass is 427 g/mol. The highest BCUT2D eigenvalue weighted by Gasteiger charge is 2.24. The molecule has 0 bridgehead atoms. The van der Waals surface area contributed by atoms with Crippen LogP contribution in [-0.2, 0) is 0 Å². The van der Waals surface area contributed by atoms with Gasteiger partial charge in [0.05, 0.1) is 0 Å². The third-order valence-corrected chi connectivity index (χ3v) is 6.67. The number of nitrogens with zero attached hydrogens (tertiary/aromatic N) is 4. The van der Waals surface area contributed by atoms with Crippen LogP contribution in [0.5, 0.6) is 0 Å². The number of hydrogen-bond donors (Lipinski definition) is 3. The van der Waals surface area contributed by atoms with E-state index in [1.54, 1.807) is 0 Å². The molecule has 1 aliphatic carbocycles. The molecule has 0 saturated heterocycles. The molecule has 3 aromatic heterocycles. The first kappa shape index (κ1) is 20.6. The van der Waals surface area contributed by atoms with Gasteiger partial charge in [0.2, 0.25) is 0 Å². The molecule has 1 atom stereocenters. The summed E-state index contributed by atoms with van der Waals surface area (Å²) < 4.78 is 0. The molecule has 4 N–H and O–H groups in total. The van der Waals surface area contributed by atoms with E-state index in [0.29, 0.717) is 23.4 Å². The number of anilines is 1. The molecule has 1 aliphatic rings. The normalized spacial score (nSPS) is 19.8. The predicted octanol–water partition coefficient (Wildman–Crippen LogP) is 4.17. The van der Waals surface area contributed by atoms with Crippen LogP contribution in [0.25, 0.3) is 11.2 Å². The number of nitrogens with two attached hydrogens (primary N) is 1. The minimum Gasteiger partial charge on any atom is -0.384 e. The van der Waals surface area contributed by atoms with Gasteiger partial charge in [0.25, 0.3) is 0 Å². The summed E-state index contributed by atoms with van der Waals surface area (Å²) in [5.74, 6) is 1.30. The molecule has 1 saturated carbocycles. The van der Waals surface area contributed by atoms with E-state index in [1.807, 2.05) is 30.6 Å². The fraction of sp³-hybridized carbons (Fsp3) is 0.360. The van der Waals surface area contributed by atoms with Crippen LogP contribution in [0.1, 0.15) is 60.6 Å². The molecule has 0 amide bonds. The Kier molecular flexibility index (Phi) is 6.07. The van der Waals surface area contributed by atoms with Crippen LogP contribution in [-0.4, -0.2) is 38.0 Å². The summed E-state index contributed by atoms with van der Waals surface area (Å²) in [7, 11) is 0. The van der Waals surface area contributed by atoms with Crippen LogP contribution in [0.2, 0.25) is 0 Å². The van der Waals surface area contributed by atoms with E-state index in [2.05, 4.69) is 61.0 Å². The molecule has 0 radical (unpaired) electrons. The molecule has 1 unspecified atom stereocenters. The third-order valence-electron chi connectivity index (χ3n) is 6.67. The van der Waals surface area contributed by atoms with Crippen molar-refractivity contribution in [1.29, 1.82) is 0 Å². The van der Waals surface area contributed by atoms with Crippen molar-refractivity contribution in [3.63, 3.8) is 0 Å². The number of hydrogen-bond acceptors (Lipinski definition) is 6. The quantitative estimate of drug-likeness (QED) is 0.409.